The average Bonchev–Trinajstić information content (AvgIpc) is 2.52. The van der Waals surface area contributed by atoms with Crippen LogP contribution in [-0.2, 0) is 4.79 Å². The van der Waals surface area contributed by atoms with Gasteiger partial charge in [-0.2, -0.15) is 5.26 Å². The van der Waals surface area contributed by atoms with Gasteiger partial charge in [0.25, 0.3) is 0 Å². The van der Waals surface area contributed by atoms with Gasteiger partial charge in [-0.3, -0.25) is 4.79 Å². The number of nitriles is 1. The summed E-state index contributed by atoms with van der Waals surface area (Å²) in [5.74, 6) is 1.49. The Hall–Kier alpha value is -0.990. The summed E-state index contributed by atoms with van der Waals surface area (Å²) in [6.07, 6.45) is 4.37. The van der Waals surface area contributed by atoms with Crippen LogP contribution in [0.4, 0.5) is 0 Å². The molecule has 0 heterocycles. The molecule has 2 rings (SSSR count). The van der Waals surface area contributed by atoms with Gasteiger partial charge < -0.3 is 5.32 Å². The minimum absolute atomic E-state index is 0.0534. The van der Waals surface area contributed by atoms with Crippen LogP contribution in [0.15, 0.2) is 33.6 Å². The highest BCUT2D eigenvalue weighted by atomic mass is 79.9. The second-order valence-corrected chi connectivity index (χ2v) is 7.30. The van der Waals surface area contributed by atoms with Crippen molar-refractivity contribution in [3.8, 4) is 6.07 Å². The Morgan fingerprint density at radius 3 is 2.76 bits per heavy atom. The maximum atomic E-state index is 12.1. The molecule has 0 spiro atoms. The zero-order valence-corrected chi connectivity index (χ0v) is 14.3. The van der Waals surface area contributed by atoms with Crippen molar-refractivity contribution in [1.29, 1.82) is 5.26 Å². The van der Waals surface area contributed by atoms with E-state index < -0.39 is 0 Å². The molecule has 1 amide bonds. The molecule has 1 aromatic carbocycles. The van der Waals surface area contributed by atoms with Gasteiger partial charge in [-0.25, -0.2) is 0 Å². The first-order valence-electron chi connectivity index (χ1n) is 7.23. The molecule has 112 valence electrons. The smallest absolute Gasteiger partial charge is 0.224 e. The highest BCUT2D eigenvalue weighted by Crippen LogP contribution is 2.34. The lowest BCUT2D eigenvalue weighted by Crippen LogP contribution is -2.37. The van der Waals surface area contributed by atoms with E-state index in [0.717, 1.165) is 29.5 Å². The third-order valence-electron chi connectivity index (χ3n) is 3.87. The number of halogens is 1. The lowest BCUT2D eigenvalue weighted by Gasteiger charge is -2.30. The fourth-order valence-electron chi connectivity index (χ4n) is 2.74. The zero-order chi connectivity index (χ0) is 15.1. The van der Waals surface area contributed by atoms with Crippen LogP contribution in [0, 0.1) is 23.2 Å². The summed E-state index contributed by atoms with van der Waals surface area (Å²) >= 11 is 5.25. The highest BCUT2D eigenvalue weighted by molar-refractivity contribution is 9.10. The van der Waals surface area contributed by atoms with Gasteiger partial charge in [0.2, 0.25) is 5.91 Å². The molecule has 1 aliphatic carbocycles. The Kier molecular flexibility index (Phi) is 6.59. The van der Waals surface area contributed by atoms with Crippen LogP contribution in [0.1, 0.15) is 25.7 Å². The topological polar surface area (TPSA) is 52.9 Å². The Balaban J connectivity index is 1.91. The predicted molar refractivity (Wildman–Crippen MR) is 88.9 cm³/mol. The quantitative estimate of drug-likeness (QED) is 0.633. The molecule has 2 atom stereocenters. The summed E-state index contributed by atoms with van der Waals surface area (Å²) in [4.78, 5) is 13.4. The molecular formula is C16H19BrN2OS. The van der Waals surface area contributed by atoms with Crippen molar-refractivity contribution in [3.63, 3.8) is 0 Å². The van der Waals surface area contributed by atoms with E-state index in [9.17, 15) is 4.79 Å². The van der Waals surface area contributed by atoms with E-state index in [1.165, 1.54) is 11.3 Å². The van der Waals surface area contributed by atoms with E-state index in [2.05, 4.69) is 33.4 Å². The Bertz CT molecular complexity index is 512. The first-order chi connectivity index (χ1) is 10.2. The Morgan fingerprint density at radius 2 is 2.05 bits per heavy atom. The van der Waals surface area contributed by atoms with E-state index in [1.807, 2.05) is 30.0 Å². The standard InChI is InChI=1S/C16H19BrN2OS/c17-13-5-7-14(8-6-13)21-11-12-3-1-2-4-15(12)16(20)19-10-9-18/h5-8,12,15H,1-4,10-11H2,(H,19,20)/t12-,15?/m1/s1. The summed E-state index contributed by atoms with van der Waals surface area (Å²) in [6, 6.07) is 10.3. The lowest BCUT2D eigenvalue weighted by atomic mass is 9.80. The van der Waals surface area contributed by atoms with Crippen molar-refractivity contribution >= 4 is 33.6 Å². The number of benzene rings is 1. The Labute approximate surface area is 138 Å². The van der Waals surface area contributed by atoms with Gasteiger partial charge >= 0.3 is 0 Å². The molecule has 21 heavy (non-hydrogen) atoms. The molecule has 1 aliphatic rings. The summed E-state index contributed by atoms with van der Waals surface area (Å²) in [5.41, 5.74) is 0. The van der Waals surface area contributed by atoms with Gasteiger partial charge in [0, 0.05) is 21.0 Å². The number of rotatable bonds is 5. The van der Waals surface area contributed by atoms with Crippen LogP contribution < -0.4 is 5.32 Å². The second kappa shape index (κ2) is 8.45. The molecule has 3 nitrogen and oxygen atoms in total. The third kappa shape index (κ3) is 5.05. The van der Waals surface area contributed by atoms with Crippen LogP contribution in [0.2, 0.25) is 0 Å². The van der Waals surface area contributed by atoms with E-state index in [1.54, 1.807) is 0 Å². The molecule has 1 fully saturated rings. The van der Waals surface area contributed by atoms with Crippen molar-refractivity contribution in [3.05, 3.63) is 28.7 Å². The van der Waals surface area contributed by atoms with Crippen LogP contribution in [0.5, 0.6) is 0 Å². The van der Waals surface area contributed by atoms with Gasteiger partial charge in [-0.1, -0.05) is 28.8 Å². The number of thioether (sulfide) groups is 1. The van der Waals surface area contributed by atoms with Crippen LogP contribution in [0.25, 0.3) is 0 Å². The second-order valence-electron chi connectivity index (χ2n) is 5.29. The van der Waals surface area contributed by atoms with Crippen molar-refractivity contribution in [1.82, 2.24) is 5.32 Å². The van der Waals surface area contributed by atoms with Gasteiger partial charge in [0.15, 0.2) is 0 Å². The minimum Gasteiger partial charge on any atom is -0.343 e. The zero-order valence-electron chi connectivity index (χ0n) is 11.8. The summed E-state index contributed by atoms with van der Waals surface area (Å²) in [7, 11) is 0. The number of carbonyl (C=O) groups is 1. The third-order valence-corrected chi connectivity index (χ3v) is 5.59. The van der Waals surface area contributed by atoms with Crippen molar-refractivity contribution in [2.45, 2.75) is 30.6 Å². The summed E-state index contributed by atoms with van der Waals surface area (Å²) in [6.45, 7) is 0.113. The Morgan fingerprint density at radius 1 is 1.33 bits per heavy atom. The van der Waals surface area contributed by atoms with E-state index in [4.69, 9.17) is 5.26 Å². The number of nitrogens with zero attached hydrogens (tertiary/aromatic N) is 1. The SMILES string of the molecule is N#CCNC(=O)C1CCCC[C@@H]1CSc1ccc(Br)cc1. The van der Waals surface area contributed by atoms with Crippen LogP contribution in [-0.4, -0.2) is 18.2 Å². The molecule has 1 N–H and O–H groups in total. The van der Waals surface area contributed by atoms with Gasteiger partial charge in [-0.05, 0) is 43.0 Å². The first-order valence-corrected chi connectivity index (χ1v) is 9.01. The molecule has 0 saturated heterocycles. The van der Waals surface area contributed by atoms with Crippen LogP contribution >= 0.6 is 27.7 Å². The maximum Gasteiger partial charge on any atom is 0.224 e. The van der Waals surface area contributed by atoms with Gasteiger partial charge in [0.1, 0.15) is 6.54 Å². The minimum atomic E-state index is 0.0534. The predicted octanol–water partition coefficient (Wildman–Crippen LogP) is 3.99. The number of amides is 1. The number of hydrogen-bond acceptors (Lipinski definition) is 3. The molecule has 1 saturated carbocycles. The average molecular weight is 367 g/mol. The number of nitrogens with one attached hydrogen (secondary N) is 1. The number of carbonyl (C=O) groups excluding carboxylic acids is 1. The molecule has 0 aromatic heterocycles. The van der Waals surface area contributed by atoms with Crippen molar-refractivity contribution < 1.29 is 4.79 Å². The fourth-order valence-corrected chi connectivity index (χ4v) is 4.14. The van der Waals surface area contributed by atoms with Crippen molar-refractivity contribution in [2.24, 2.45) is 11.8 Å². The van der Waals surface area contributed by atoms with Gasteiger partial charge in [0.05, 0.1) is 6.07 Å². The maximum absolute atomic E-state index is 12.1. The lowest BCUT2D eigenvalue weighted by molar-refractivity contribution is -0.127. The highest BCUT2D eigenvalue weighted by Gasteiger charge is 2.30. The molecule has 0 radical (unpaired) electrons. The van der Waals surface area contributed by atoms with Crippen LogP contribution in [0.3, 0.4) is 0 Å². The molecule has 0 bridgehead atoms. The largest absolute Gasteiger partial charge is 0.343 e. The molecule has 5 heteroatoms. The fraction of sp³-hybridized carbons (Fsp3) is 0.500. The van der Waals surface area contributed by atoms with E-state index in [0.29, 0.717) is 5.92 Å². The monoisotopic (exact) mass is 366 g/mol. The molecular weight excluding hydrogens is 348 g/mol. The van der Waals surface area contributed by atoms with Gasteiger partial charge in [-0.15, -0.1) is 11.8 Å². The summed E-state index contributed by atoms with van der Waals surface area (Å²) < 4.78 is 1.08. The molecule has 0 aliphatic heterocycles. The van der Waals surface area contributed by atoms with E-state index in [-0.39, 0.29) is 18.4 Å². The van der Waals surface area contributed by atoms with Crippen molar-refractivity contribution in [2.75, 3.05) is 12.3 Å². The summed E-state index contributed by atoms with van der Waals surface area (Å²) in [5, 5.41) is 11.3. The first kappa shape index (κ1) is 16.4. The van der Waals surface area contributed by atoms with E-state index >= 15 is 0 Å². The molecule has 1 aromatic rings. The molecule has 1 unspecified atom stereocenters. The normalized spacial score (nSPS) is 21.5. The number of hydrogen-bond donors (Lipinski definition) is 1.